The highest BCUT2D eigenvalue weighted by Gasteiger charge is 2.31. The Kier molecular flexibility index (Phi) is 7.54. The first-order chi connectivity index (χ1) is 17.8. The van der Waals surface area contributed by atoms with E-state index in [2.05, 4.69) is 39.5 Å². The van der Waals surface area contributed by atoms with E-state index in [1.165, 1.54) is 16.4 Å². The SMILES string of the molecule is CN(C)CCCNc1nc(CN2CCN(S(=O)(=O)c3ccc(Cl)c4nonc34)CC2)nc2ccccc12. The molecule has 5 rings (SSSR count). The molecular weight excluding hydrogens is 516 g/mol. The van der Waals surface area contributed by atoms with Crippen molar-refractivity contribution in [2.45, 2.75) is 17.9 Å². The summed E-state index contributed by atoms with van der Waals surface area (Å²) in [7, 11) is 0.335. The smallest absolute Gasteiger partial charge is 0.245 e. The van der Waals surface area contributed by atoms with Crippen molar-refractivity contribution in [2.75, 3.05) is 58.7 Å². The molecule has 1 aliphatic rings. The van der Waals surface area contributed by atoms with Crippen molar-refractivity contribution in [3.05, 3.63) is 47.2 Å². The second kappa shape index (κ2) is 10.8. The molecule has 196 valence electrons. The monoisotopic (exact) mass is 544 g/mol. The molecule has 13 heteroatoms. The zero-order chi connectivity index (χ0) is 26.0. The van der Waals surface area contributed by atoms with Crippen LogP contribution in [0, 0.1) is 0 Å². The van der Waals surface area contributed by atoms with E-state index in [1.54, 1.807) is 0 Å². The molecule has 1 aliphatic heterocycles. The second-order valence-corrected chi connectivity index (χ2v) is 11.6. The molecule has 37 heavy (non-hydrogen) atoms. The van der Waals surface area contributed by atoms with E-state index in [1.807, 2.05) is 24.3 Å². The second-order valence-electron chi connectivity index (χ2n) is 9.28. The Balaban J connectivity index is 1.27. The zero-order valence-corrected chi connectivity index (χ0v) is 22.3. The summed E-state index contributed by atoms with van der Waals surface area (Å²) in [5.74, 6) is 1.53. The number of para-hydroxylation sites is 1. The van der Waals surface area contributed by atoms with Gasteiger partial charge in [-0.3, -0.25) is 4.90 Å². The van der Waals surface area contributed by atoms with Gasteiger partial charge in [0.1, 0.15) is 16.5 Å². The minimum atomic E-state index is -3.79. The molecule has 0 atom stereocenters. The molecule has 0 amide bonds. The van der Waals surface area contributed by atoms with Gasteiger partial charge < -0.3 is 10.2 Å². The summed E-state index contributed by atoms with van der Waals surface area (Å²) in [5, 5.41) is 12.2. The number of hydrogen-bond donors (Lipinski definition) is 1. The maximum absolute atomic E-state index is 13.4. The first-order valence-corrected chi connectivity index (χ1v) is 13.9. The van der Waals surface area contributed by atoms with Crippen LogP contribution in [0.1, 0.15) is 12.2 Å². The van der Waals surface area contributed by atoms with Crippen molar-refractivity contribution in [1.82, 2.24) is 34.4 Å². The summed E-state index contributed by atoms with van der Waals surface area (Å²) in [4.78, 5) is 14.0. The largest absolute Gasteiger partial charge is 0.369 e. The van der Waals surface area contributed by atoms with Gasteiger partial charge in [-0.2, -0.15) is 4.31 Å². The molecule has 0 bridgehead atoms. The third-order valence-corrected chi connectivity index (χ3v) is 8.60. The van der Waals surface area contributed by atoms with Gasteiger partial charge in [0.25, 0.3) is 0 Å². The van der Waals surface area contributed by atoms with Crippen LogP contribution < -0.4 is 5.32 Å². The highest BCUT2D eigenvalue weighted by Crippen LogP contribution is 2.29. The molecule has 0 unspecified atom stereocenters. The molecule has 11 nitrogen and oxygen atoms in total. The number of rotatable bonds is 9. The van der Waals surface area contributed by atoms with Gasteiger partial charge in [-0.1, -0.05) is 23.7 Å². The first kappa shape index (κ1) is 25.7. The van der Waals surface area contributed by atoms with Gasteiger partial charge in [-0.05, 0) is 61.6 Å². The van der Waals surface area contributed by atoms with Crippen LogP contribution in [0.15, 0.2) is 45.9 Å². The summed E-state index contributed by atoms with van der Waals surface area (Å²) < 4.78 is 32.9. The number of benzene rings is 2. The van der Waals surface area contributed by atoms with Crippen LogP contribution in [0.4, 0.5) is 5.82 Å². The van der Waals surface area contributed by atoms with Crippen LogP contribution in [0.25, 0.3) is 21.9 Å². The number of aromatic nitrogens is 4. The number of anilines is 1. The highest BCUT2D eigenvalue weighted by atomic mass is 35.5. The predicted molar refractivity (Wildman–Crippen MR) is 142 cm³/mol. The van der Waals surface area contributed by atoms with Gasteiger partial charge in [0.05, 0.1) is 17.1 Å². The van der Waals surface area contributed by atoms with Crippen LogP contribution >= 0.6 is 11.6 Å². The molecule has 0 radical (unpaired) electrons. The molecular formula is C24H29ClN8O3S. The number of nitrogens with zero attached hydrogens (tertiary/aromatic N) is 7. The molecule has 0 spiro atoms. The van der Waals surface area contributed by atoms with E-state index in [0.29, 0.717) is 43.6 Å². The maximum atomic E-state index is 13.4. The molecule has 4 aromatic rings. The standard InChI is InChI=1S/C24H29ClN8O3S/c1-31(2)11-5-10-26-24-17-6-3-4-7-19(17)27-21(28-24)16-32-12-14-33(15-13-32)37(34,35)20-9-8-18(25)22-23(20)30-36-29-22/h3-4,6-9H,5,10-16H2,1-2H3,(H,26,27,28). The van der Waals surface area contributed by atoms with E-state index in [0.717, 1.165) is 36.2 Å². The van der Waals surface area contributed by atoms with Crippen LogP contribution in [-0.4, -0.2) is 96.2 Å². The minimum Gasteiger partial charge on any atom is -0.369 e. The van der Waals surface area contributed by atoms with E-state index >= 15 is 0 Å². The van der Waals surface area contributed by atoms with Gasteiger partial charge in [0.2, 0.25) is 10.0 Å². The van der Waals surface area contributed by atoms with Gasteiger partial charge in [-0.25, -0.2) is 23.0 Å². The first-order valence-electron chi connectivity index (χ1n) is 12.1. The number of nitrogens with one attached hydrogen (secondary N) is 1. The van der Waals surface area contributed by atoms with Crippen LogP contribution in [0.2, 0.25) is 5.02 Å². The lowest BCUT2D eigenvalue weighted by atomic mass is 10.2. The van der Waals surface area contributed by atoms with E-state index in [4.69, 9.17) is 26.2 Å². The fraction of sp³-hybridized carbons (Fsp3) is 0.417. The normalized spacial score (nSPS) is 15.7. The Morgan fingerprint density at radius 1 is 1.03 bits per heavy atom. The summed E-state index contributed by atoms with van der Waals surface area (Å²) in [6.45, 7) is 4.11. The summed E-state index contributed by atoms with van der Waals surface area (Å²) in [5.41, 5.74) is 1.27. The lowest BCUT2D eigenvalue weighted by Gasteiger charge is -2.33. The lowest BCUT2D eigenvalue weighted by Crippen LogP contribution is -2.48. The molecule has 2 aromatic carbocycles. The average Bonchev–Trinajstić information content (AvgIpc) is 3.38. The molecule has 2 aromatic heterocycles. The third-order valence-electron chi connectivity index (χ3n) is 6.37. The number of hydrogen-bond acceptors (Lipinski definition) is 10. The third kappa shape index (κ3) is 5.53. The zero-order valence-electron chi connectivity index (χ0n) is 20.8. The van der Waals surface area contributed by atoms with Gasteiger partial charge in [0.15, 0.2) is 11.0 Å². The Hall–Kier alpha value is -2.90. The van der Waals surface area contributed by atoms with Crippen molar-refractivity contribution in [1.29, 1.82) is 0 Å². The highest BCUT2D eigenvalue weighted by molar-refractivity contribution is 7.89. The Labute approximate surface area is 220 Å². The predicted octanol–water partition coefficient (Wildman–Crippen LogP) is 2.69. The number of piperazine rings is 1. The molecule has 0 saturated carbocycles. The summed E-state index contributed by atoms with van der Waals surface area (Å²) in [6.07, 6.45) is 1.00. The lowest BCUT2D eigenvalue weighted by molar-refractivity contribution is 0.178. The number of sulfonamides is 1. The van der Waals surface area contributed by atoms with Crippen LogP contribution in [0.5, 0.6) is 0 Å². The van der Waals surface area contributed by atoms with Crippen molar-refractivity contribution in [3.63, 3.8) is 0 Å². The molecule has 3 heterocycles. The van der Waals surface area contributed by atoms with Gasteiger partial charge in [0, 0.05) is 38.1 Å². The number of halogens is 1. The van der Waals surface area contributed by atoms with Crippen molar-refractivity contribution in [3.8, 4) is 0 Å². The number of fused-ring (bicyclic) bond motifs is 2. The Morgan fingerprint density at radius 2 is 1.78 bits per heavy atom. The average molecular weight is 545 g/mol. The van der Waals surface area contributed by atoms with Gasteiger partial charge >= 0.3 is 0 Å². The Morgan fingerprint density at radius 3 is 2.57 bits per heavy atom. The van der Waals surface area contributed by atoms with E-state index < -0.39 is 10.0 Å². The van der Waals surface area contributed by atoms with Crippen LogP contribution in [0.3, 0.4) is 0 Å². The molecule has 1 saturated heterocycles. The van der Waals surface area contributed by atoms with Crippen LogP contribution in [-0.2, 0) is 16.6 Å². The molecule has 1 fully saturated rings. The topological polar surface area (TPSA) is 121 Å². The summed E-state index contributed by atoms with van der Waals surface area (Å²) >= 11 is 6.10. The molecule has 0 aliphatic carbocycles. The van der Waals surface area contributed by atoms with E-state index in [-0.39, 0.29) is 15.9 Å². The van der Waals surface area contributed by atoms with Gasteiger partial charge in [-0.15, -0.1) is 0 Å². The minimum absolute atomic E-state index is 0.0458. The van der Waals surface area contributed by atoms with E-state index in [9.17, 15) is 8.42 Å². The summed E-state index contributed by atoms with van der Waals surface area (Å²) in [6, 6.07) is 10.9. The van der Waals surface area contributed by atoms with Crippen molar-refractivity contribution >= 4 is 49.4 Å². The quantitative estimate of drug-likeness (QED) is 0.315. The molecule has 1 N–H and O–H groups in total. The fourth-order valence-corrected chi connectivity index (χ4v) is 6.15. The van der Waals surface area contributed by atoms with Crippen molar-refractivity contribution in [2.24, 2.45) is 0 Å². The Bertz CT molecular complexity index is 1500. The van der Waals surface area contributed by atoms with Crippen molar-refractivity contribution < 1.29 is 13.0 Å². The fourth-order valence-electron chi connectivity index (χ4n) is 4.42. The maximum Gasteiger partial charge on any atom is 0.245 e.